The van der Waals surface area contributed by atoms with Crippen LogP contribution in [0.4, 0.5) is 8.78 Å². The summed E-state index contributed by atoms with van der Waals surface area (Å²) in [5, 5.41) is 8.89. The Labute approximate surface area is 165 Å². The lowest BCUT2D eigenvalue weighted by Crippen LogP contribution is -2.43. The van der Waals surface area contributed by atoms with Crippen molar-refractivity contribution in [2.24, 2.45) is 10.4 Å². The Morgan fingerprint density at radius 2 is 1.68 bits per heavy atom. The van der Waals surface area contributed by atoms with Crippen LogP contribution in [0.2, 0.25) is 0 Å². The summed E-state index contributed by atoms with van der Waals surface area (Å²) in [6.07, 6.45) is 0.338. The molecule has 0 bridgehead atoms. The Hall–Kier alpha value is -1.45. The topological polar surface area (TPSA) is 65.5 Å². The highest BCUT2D eigenvalue weighted by Gasteiger charge is 2.20. The Kier molecular flexibility index (Phi) is 10.6. The average Bonchev–Trinajstić information content (AvgIpc) is 2.51. The molecule has 3 N–H and O–H groups in total. The zero-order valence-electron chi connectivity index (χ0n) is 15.1. The monoisotopic (exact) mass is 468 g/mol. The van der Waals surface area contributed by atoms with E-state index in [4.69, 9.17) is 0 Å². The summed E-state index contributed by atoms with van der Waals surface area (Å²) in [4.78, 5) is 15.8. The molecule has 5 nitrogen and oxygen atoms in total. The third-order valence-electron chi connectivity index (χ3n) is 3.30. The van der Waals surface area contributed by atoms with E-state index < -0.39 is 17.0 Å². The standard InChI is InChI=1S/C17H26F2N4O.HI/c1-17(2,3)15(24)21-9-10-23-16(20-4)22-8-7-12-11-13(18)5-6-14(12)19;/h5-6,11H,7-10H2,1-4H3,(H,21,24)(H2,20,22,23);1H. The van der Waals surface area contributed by atoms with Gasteiger partial charge in [0.1, 0.15) is 11.6 Å². The summed E-state index contributed by atoms with van der Waals surface area (Å²) in [5.74, 6) is -0.361. The quantitative estimate of drug-likeness (QED) is 0.260. The maximum atomic E-state index is 13.5. The molecular weight excluding hydrogens is 441 g/mol. The molecule has 0 heterocycles. The van der Waals surface area contributed by atoms with Crippen LogP contribution < -0.4 is 16.0 Å². The molecule has 142 valence electrons. The van der Waals surface area contributed by atoms with Crippen molar-refractivity contribution < 1.29 is 13.6 Å². The van der Waals surface area contributed by atoms with Gasteiger partial charge in [-0.2, -0.15) is 0 Å². The van der Waals surface area contributed by atoms with Gasteiger partial charge >= 0.3 is 0 Å². The van der Waals surface area contributed by atoms with Crippen molar-refractivity contribution in [3.05, 3.63) is 35.4 Å². The zero-order valence-corrected chi connectivity index (χ0v) is 17.4. The number of carbonyl (C=O) groups excluding carboxylic acids is 1. The number of aliphatic imine (C=N–C) groups is 1. The molecule has 1 aromatic rings. The van der Waals surface area contributed by atoms with Crippen LogP contribution in [0.15, 0.2) is 23.2 Å². The van der Waals surface area contributed by atoms with Crippen LogP contribution in [0.3, 0.4) is 0 Å². The Morgan fingerprint density at radius 1 is 1.08 bits per heavy atom. The number of halogens is 3. The van der Waals surface area contributed by atoms with Crippen molar-refractivity contribution in [2.75, 3.05) is 26.7 Å². The fraction of sp³-hybridized carbons (Fsp3) is 0.529. The van der Waals surface area contributed by atoms with Crippen molar-refractivity contribution in [3.63, 3.8) is 0 Å². The molecule has 1 amide bonds. The predicted octanol–water partition coefficient (Wildman–Crippen LogP) is 2.45. The first-order chi connectivity index (χ1) is 11.2. The Bertz CT molecular complexity index is 589. The van der Waals surface area contributed by atoms with Crippen LogP contribution >= 0.6 is 24.0 Å². The molecule has 0 aliphatic rings. The molecule has 25 heavy (non-hydrogen) atoms. The normalized spacial score (nSPS) is 11.5. The number of nitrogens with one attached hydrogen (secondary N) is 3. The molecule has 8 heteroatoms. The van der Waals surface area contributed by atoms with Crippen molar-refractivity contribution in [3.8, 4) is 0 Å². The predicted molar refractivity (Wildman–Crippen MR) is 107 cm³/mol. The van der Waals surface area contributed by atoms with E-state index in [0.717, 1.165) is 12.1 Å². The number of guanidine groups is 1. The summed E-state index contributed by atoms with van der Waals surface area (Å²) in [7, 11) is 1.62. The third-order valence-corrected chi connectivity index (χ3v) is 3.30. The summed E-state index contributed by atoms with van der Waals surface area (Å²) in [6, 6.07) is 3.41. The average molecular weight is 468 g/mol. The molecule has 0 saturated heterocycles. The smallest absolute Gasteiger partial charge is 0.225 e. The lowest BCUT2D eigenvalue weighted by Gasteiger charge is -2.18. The lowest BCUT2D eigenvalue weighted by atomic mass is 9.96. The highest BCUT2D eigenvalue weighted by atomic mass is 127. The number of hydrogen-bond donors (Lipinski definition) is 3. The first-order valence-corrected chi connectivity index (χ1v) is 7.91. The molecule has 0 aromatic heterocycles. The van der Waals surface area contributed by atoms with Crippen LogP contribution in [0.1, 0.15) is 26.3 Å². The molecular formula is C17H27F2IN4O. The summed E-state index contributed by atoms with van der Waals surface area (Å²) in [5.41, 5.74) is -0.106. The molecule has 0 atom stereocenters. The molecule has 1 aromatic carbocycles. The van der Waals surface area contributed by atoms with Crippen LogP contribution in [0.25, 0.3) is 0 Å². The number of nitrogens with zero attached hydrogens (tertiary/aromatic N) is 1. The molecule has 0 aliphatic heterocycles. The fourth-order valence-electron chi connectivity index (χ4n) is 1.89. The van der Waals surface area contributed by atoms with Gasteiger partial charge in [-0.3, -0.25) is 9.79 Å². The van der Waals surface area contributed by atoms with Crippen LogP contribution in [-0.4, -0.2) is 38.5 Å². The number of rotatable bonds is 6. The highest BCUT2D eigenvalue weighted by molar-refractivity contribution is 14.0. The number of amides is 1. The van der Waals surface area contributed by atoms with Gasteiger partial charge in [-0.25, -0.2) is 8.78 Å². The van der Waals surface area contributed by atoms with E-state index in [1.165, 1.54) is 6.07 Å². The van der Waals surface area contributed by atoms with Gasteiger partial charge in [-0.05, 0) is 30.2 Å². The van der Waals surface area contributed by atoms with E-state index in [2.05, 4.69) is 20.9 Å². The first kappa shape index (κ1) is 23.5. The second kappa shape index (κ2) is 11.2. The second-order valence-electron chi connectivity index (χ2n) is 6.42. The number of benzene rings is 1. The molecule has 0 saturated carbocycles. The lowest BCUT2D eigenvalue weighted by molar-refractivity contribution is -0.128. The summed E-state index contributed by atoms with van der Waals surface area (Å²) >= 11 is 0. The summed E-state index contributed by atoms with van der Waals surface area (Å²) in [6.45, 7) is 6.94. The fourth-order valence-corrected chi connectivity index (χ4v) is 1.89. The van der Waals surface area contributed by atoms with E-state index in [-0.39, 0.29) is 29.9 Å². The van der Waals surface area contributed by atoms with Crippen LogP contribution in [0, 0.1) is 17.0 Å². The molecule has 0 aliphatic carbocycles. The number of carbonyl (C=O) groups is 1. The Balaban J connectivity index is 0.00000576. The van der Waals surface area contributed by atoms with Crippen molar-refractivity contribution in [2.45, 2.75) is 27.2 Å². The van der Waals surface area contributed by atoms with E-state index in [0.29, 0.717) is 37.6 Å². The van der Waals surface area contributed by atoms with Gasteiger partial charge in [0.2, 0.25) is 5.91 Å². The van der Waals surface area contributed by atoms with Gasteiger partial charge in [0.25, 0.3) is 0 Å². The minimum Gasteiger partial charge on any atom is -0.356 e. The second-order valence-corrected chi connectivity index (χ2v) is 6.42. The van der Waals surface area contributed by atoms with Gasteiger partial charge in [0.15, 0.2) is 5.96 Å². The minimum atomic E-state index is -0.455. The molecule has 1 rings (SSSR count). The van der Waals surface area contributed by atoms with Crippen LogP contribution in [0.5, 0.6) is 0 Å². The highest BCUT2D eigenvalue weighted by Crippen LogP contribution is 2.12. The molecule has 0 radical (unpaired) electrons. The molecule has 0 fully saturated rings. The van der Waals surface area contributed by atoms with Gasteiger partial charge < -0.3 is 16.0 Å². The van der Waals surface area contributed by atoms with Crippen molar-refractivity contribution in [1.82, 2.24) is 16.0 Å². The van der Waals surface area contributed by atoms with Gasteiger partial charge in [0, 0.05) is 32.1 Å². The molecule has 0 unspecified atom stereocenters. The van der Waals surface area contributed by atoms with Crippen molar-refractivity contribution >= 4 is 35.8 Å². The van der Waals surface area contributed by atoms with Gasteiger partial charge in [-0.15, -0.1) is 24.0 Å². The SMILES string of the molecule is CN=C(NCCNC(=O)C(C)(C)C)NCCc1cc(F)ccc1F.I. The largest absolute Gasteiger partial charge is 0.356 e. The van der Waals surface area contributed by atoms with Crippen molar-refractivity contribution in [1.29, 1.82) is 0 Å². The minimum absolute atomic E-state index is 0. The van der Waals surface area contributed by atoms with E-state index in [1.54, 1.807) is 7.05 Å². The van der Waals surface area contributed by atoms with Gasteiger partial charge in [-0.1, -0.05) is 20.8 Å². The maximum Gasteiger partial charge on any atom is 0.225 e. The van der Waals surface area contributed by atoms with E-state index in [1.807, 2.05) is 20.8 Å². The third kappa shape index (κ3) is 8.99. The van der Waals surface area contributed by atoms with Gasteiger partial charge in [0.05, 0.1) is 0 Å². The molecule has 0 spiro atoms. The van der Waals surface area contributed by atoms with E-state index in [9.17, 15) is 13.6 Å². The van der Waals surface area contributed by atoms with E-state index >= 15 is 0 Å². The Morgan fingerprint density at radius 3 is 2.28 bits per heavy atom. The summed E-state index contributed by atoms with van der Waals surface area (Å²) < 4.78 is 26.6. The number of hydrogen-bond acceptors (Lipinski definition) is 2. The van der Waals surface area contributed by atoms with Crippen LogP contribution in [-0.2, 0) is 11.2 Å². The maximum absolute atomic E-state index is 13.5. The zero-order chi connectivity index (χ0) is 18.2. The first-order valence-electron chi connectivity index (χ1n) is 7.91.